The molecule has 0 radical (unpaired) electrons. The van der Waals surface area contributed by atoms with Crippen molar-refractivity contribution in [2.45, 2.75) is 6.42 Å². The smallest absolute Gasteiger partial charge is 0.246 e. The maximum Gasteiger partial charge on any atom is 0.246 e. The normalized spacial score (nSPS) is 11.6. The van der Waals surface area contributed by atoms with Crippen molar-refractivity contribution in [3.8, 4) is 0 Å². The number of allylic oxidation sites excluding steroid dienone is 1. The summed E-state index contributed by atoms with van der Waals surface area (Å²) in [6.45, 7) is 0. The zero-order valence-electron chi connectivity index (χ0n) is 11.7. The minimum absolute atomic E-state index is 0.185. The lowest BCUT2D eigenvalue weighted by atomic mass is 10.2. The quantitative estimate of drug-likeness (QED) is 0.582. The van der Waals surface area contributed by atoms with E-state index in [-0.39, 0.29) is 12.3 Å². The lowest BCUT2D eigenvalue weighted by Gasteiger charge is -1.95. The summed E-state index contributed by atoms with van der Waals surface area (Å²) in [6.07, 6.45) is 9.23. The SMILES string of the molecule is O=C(Cc1cn2ccsc2n1)N/N=C/C=C/c1ccccc1. The number of hydrazone groups is 1. The summed E-state index contributed by atoms with van der Waals surface area (Å²) < 4.78 is 1.90. The number of rotatable bonds is 5. The molecule has 0 aliphatic heterocycles. The molecular weight excluding hydrogens is 296 g/mol. The molecule has 1 N–H and O–H groups in total. The molecule has 3 aromatic rings. The molecule has 22 heavy (non-hydrogen) atoms. The Labute approximate surface area is 131 Å². The monoisotopic (exact) mass is 310 g/mol. The third-order valence-corrected chi connectivity index (χ3v) is 3.69. The predicted molar refractivity (Wildman–Crippen MR) is 88.9 cm³/mol. The van der Waals surface area contributed by atoms with Crippen LogP contribution in [0.4, 0.5) is 0 Å². The summed E-state index contributed by atoms with van der Waals surface area (Å²) >= 11 is 1.54. The van der Waals surface area contributed by atoms with Crippen LogP contribution in [0.15, 0.2) is 59.3 Å². The maximum absolute atomic E-state index is 11.7. The Morgan fingerprint density at radius 3 is 3.05 bits per heavy atom. The van der Waals surface area contributed by atoms with Gasteiger partial charge in [-0.25, -0.2) is 10.4 Å². The number of thiazole rings is 1. The van der Waals surface area contributed by atoms with Crippen LogP contribution in [-0.4, -0.2) is 21.5 Å². The molecule has 0 aliphatic rings. The van der Waals surface area contributed by atoms with Crippen LogP contribution >= 0.6 is 11.3 Å². The van der Waals surface area contributed by atoms with Gasteiger partial charge >= 0.3 is 0 Å². The number of carbonyl (C=O) groups excluding carboxylic acids is 1. The fraction of sp³-hybridized carbons (Fsp3) is 0.0625. The number of benzene rings is 1. The number of amides is 1. The minimum Gasteiger partial charge on any atom is -0.297 e. The first-order valence-electron chi connectivity index (χ1n) is 6.76. The summed E-state index contributed by atoms with van der Waals surface area (Å²) in [7, 11) is 0. The zero-order valence-corrected chi connectivity index (χ0v) is 12.5. The molecule has 0 saturated carbocycles. The van der Waals surface area contributed by atoms with Gasteiger partial charge in [0.1, 0.15) is 0 Å². The summed E-state index contributed by atoms with van der Waals surface area (Å²) in [4.78, 5) is 17.0. The Morgan fingerprint density at radius 2 is 2.23 bits per heavy atom. The van der Waals surface area contributed by atoms with E-state index in [0.29, 0.717) is 0 Å². The summed E-state index contributed by atoms with van der Waals surface area (Å²) in [6, 6.07) is 9.88. The van der Waals surface area contributed by atoms with Crippen LogP contribution in [-0.2, 0) is 11.2 Å². The van der Waals surface area contributed by atoms with E-state index in [4.69, 9.17) is 0 Å². The topological polar surface area (TPSA) is 58.8 Å². The van der Waals surface area contributed by atoms with Crippen molar-refractivity contribution in [1.29, 1.82) is 0 Å². The molecule has 3 rings (SSSR count). The van der Waals surface area contributed by atoms with Gasteiger partial charge in [-0.05, 0) is 11.6 Å². The number of hydrogen-bond acceptors (Lipinski definition) is 4. The molecule has 1 amide bonds. The van der Waals surface area contributed by atoms with Crippen LogP contribution in [0, 0.1) is 0 Å². The molecule has 0 aliphatic carbocycles. The van der Waals surface area contributed by atoms with Crippen molar-refractivity contribution in [3.05, 3.63) is 65.4 Å². The van der Waals surface area contributed by atoms with Crippen LogP contribution in [0.5, 0.6) is 0 Å². The molecule has 0 fully saturated rings. The highest BCUT2D eigenvalue weighted by Gasteiger charge is 2.07. The Morgan fingerprint density at radius 1 is 1.36 bits per heavy atom. The Kier molecular flexibility index (Phi) is 4.41. The van der Waals surface area contributed by atoms with Gasteiger partial charge in [0.15, 0.2) is 4.96 Å². The van der Waals surface area contributed by atoms with E-state index in [9.17, 15) is 4.79 Å². The number of nitrogens with one attached hydrogen (secondary N) is 1. The highest BCUT2D eigenvalue weighted by atomic mass is 32.1. The van der Waals surface area contributed by atoms with E-state index in [1.807, 2.05) is 58.6 Å². The van der Waals surface area contributed by atoms with Gasteiger partial charge in [0.05, 0.1) is 12.1 Å². The minimum atomic E-state index is -0.185. The molecule has 0 atom stereocenters. The van der Waals surface area contributed by atoms with E-state index in [1.165, 1.54) is 11.3 Å². The third kappa shape index (κ3) is 3.67. The van der Waals surface area contributed by atoms with Crippen LogP contribution in [0.1, 0.15) is 11.3 Å². The molecule has 0 spiro atoms. The van der Waals surface area contributed by atoms with Gasteiger partial charge in [-0.3, -0.25) is 9.20 Å². The van der Waals surface area contributed by atoms with Gasteiger partial charge in [-0.15, -0.1) is 11.3 Å². The second kappa shape index (κ2) is 6.82. The summed E-state index contributed by atoms with van der Waals surface area (Å²) in [5.74, 6) is -0.185. The number of aromatic nitrogens is 2. The van der Waals surface area contributed by atoms with Gasteiger partial charge in [0.2, 0.25) is 5.91 Å². The lowest BCUT2D eigenvalue weighted by molar-refractivity contribution is -0.120. The van der Waals surface area contributed by atoms with E-state index in [1.54, 1.807) is 12.3 Å². The van der Waals surface area contributed by atoms with Crippen LogP contribution in [0.25, 0.3) is 11.0 Å². The molecule has 0 saturated heterocycles. The zero-order chi connectivity index (χ0) is 15.2. The van der Waals surface area contributed by atoms with Gasteiger partial charge < -0.3 is 0 Å². The molecular formula is C16H14N4OS. The van der Waals surface area contributed by atoms with Crippen molar-refractivity contribution in [2.75, 3.05) is 0 Å². The predicted octanol–water partition coefficient (Wildman–Crippen LogP) is 2.75. The Bertz CT molecular complexity index is 788. The molecule has 0 unspecified atom stereocenters. The van der Waals surface area contributed by atoms with Gasteiger partial charge in [-0.1, -0.05) is 36.4 Å². The first-order valence-corrected chi connectivity index (χ1v) is 7.64. The second-order valence-electron chi connectivity index (χ2n) is 4.58. The number of fused-ring (bicyclic) bond motifs is 1. The maximum atomic E-state index is 11.7. The summed E-state index contributed by atoms with van der Waals surface area (Å²) in [5.41, 5.74) is 4.30. The molecule has 2 aromatic heterocycles. The molecule has 110 valence electrons. The number of nitrogens with zero attached hydrogens (tertiary/aromatic N) is 3. The number of hydrogen-bond donors (Lipinski definition) is 1. The molecule has 2 heterocycles. The average molecular weight is 310 g/mol. The Hall–Kier alpha value is -2.73. The van der Waals surface area contributed by atoms with Gasteiger partial charge in [-0.2, -0.15) is 5.10 Å². The standard InChI is InChI=1S/C16H14N4OS/c21-15(11-14-12-20-9-10-22-16(20)18-14)19-17-8-4-7-13-5-2-1-3-6-13/h1-10,12H,11H2,(H,19,21)/b7-4+,17-8+. The molecule has 0 bridgehead atoms. The summed E-state index contributed by atoms with van der Waals surface area (Å²) in [5, 5.41) is 5.83. The molecule has 1 aromatic carbocycles. The fourth-order valence-corrected chi connectivity index (χ4v) is 2.65. The number of carbonyl (C=O) groups is 1. The van der Waals surface area contributed by atoms with E-state index >= 15 is 0 Å². The average Bonchev–Trinajstić information content (AvgIpc) is 3.09. The Balaban J connectivity index is 1.48. The van der Waals surface area contributed by atoms with E-state index < -0.39 is 0 Å². The number of imidazole rings is 1. The van der Waals surface area contributed by atoms with Gasteiger partial charge in [0, 0.05) is 24.0 Å². The van der Waals surface area contributed by atoms with Crippen molar-refractivity contribution in [1.82, 2.24) is 14.8 Å². The highest BCUT2D eigenvalue weighted by molar-refractivity contribution is 7.15. The largest absolute Gasteiger partial charge is 0.297 e. The van der Waals surface area contributed by atoms with Crippen molar-refractivity contribution >= 4 is 34.5 Å². The third-order valence-electron chi connectivity index (χ3n) is 2.92. The molecule has 6 heteroatoms. The first kappa shape index (κ1) is 14.2. The van der Waals surface area contributed by atoms with E-state index in [0.717, 1.165) is 16.2 Å². The van der Waals surface area contributed by atoms with Crippen LogP contribution < -0.4 is 5.43 Å². The fourth-order valence-electron chi connectivity index (χ4n) is 1.94. The second-order valence-corrected chi connectivity index (χ2v) is 5.46. The first-order chi connectivity index (χ1) is 10.8. The highest BCUT2D eigenvalue weighted by Crippen LogP contribution is 2.11. The van der Waals surface area contributed by atoms with Crippen LogP contribution in [0.3, 0.4) is 0 Å². The van der Waals surface area contributed by atoms with E-state index in [2.05, 4.69) is 15.5 Å². The lowest BCUT2D eigenvalue weighted by Crippen LogP contribution is -2.19. The van der Waals surface area contributed by atoms with Crippen molar-refractivity contribution < 1.29 is 4.79 Å². The van der Waals surface area contributed by atoms with Gasteiger partial charge in [0.25, 0.3) is 0 Å². The van der Waals surface area contributed by atoms with Crippen molar-refractivity contribution in [2.24, 2.45) is 5.10 Å². The molecule has 5 nitrogen and oxygen atoms in total. The van der Waals surface area contributed by atoms with Crippen LogP contribution in [0.2, 0.25) is 0 Å². The van der Waals surface area contributed by atoms with Crippen molar-refractivity contribution in [3.63, 3.8) is 0 Å².